The van der Waals surface area contributed by atoms with E-state index in [9.17, 15) is 4.79 Å². The van der Waals surface area contributed by atoms with Crippen LogP contribution in [0.3, 0.4) is 0 Å². The molecule has 2 N–H and O–H groups in total. The quantitative estimate of drug-likeness (QED) is 0.697. The van der Waals surface area contributed by atoms with Gasteiger partial charge in [0.2, 0.25) is 0 Å². The van der Waals surface area contributed by atoms with Gasteiger partial charge in [0.1, 0.15) is 11.2 Å². The number of amides is 1. The van der Waals surface area contributed by atoms with Crippen molar-refractivity contribution in [2.24, 2.45) is 11.3 Å². The summed E-state index contributed by atoms with van der Waals surface area (Å²) in [5.74, 6) is 0.723. The van der Waals surface area contributed by atoms with Crippen LogP contribution in [-0.4, -0.2) is 5.91 Å². The summed E-state index contributed by atoms with van der Waals surface area (Å²) in [5, 5.41) is 8.32. The van der Waals surface area contributed by atoms with E-state index in [1.165, 1.54) is 23.3 Å². The van der Waals surface area contributed by atoms with Crippen molar-refractivity contribution in [3.05, 3.63) is 50.9 Å². The monoisotopic (exact) mass is 388 g/mol. The molecule has 1 amide bonds. The Kier molecular flexibility index (Phi) is 4.52. The molecule has 1 aliphatic carbocycles. The molecule has 0 unspecified atom stereocenters. The highest BCUT2D eigenvalue weighted by Crippen LogP contribution is 2.46. The number of anilines is 1. The Hall–Kier alpha value is -1.52. The standard InChI is InChI=1S/C21H25ClN2OS/c1-4-21(2,3)13-8-9-15-16(11-13)26-20-17(15)19(25)23-18(24-20)12-6-5-7-14(22)10-12/h5-7,10,13,18,24H,4,8-9,11H2,1-3H3,(H,23,25)/t13-,18+/m1/s1. The van der Waals surface area contributed by atoms with Gasteiger partial charge in [-0.25, -0.2) is 0 Å². The summed E-state index contributed by atoms with van der Waals surface area (Å²) in [5.41, 5.74) is 3.47. The number of nitrogens with one attached hydrogen (secondary N) is 2. The minimum absolute atomic E-state index is 0.0365. The van der Waals surface area contributed by atoms with Crippen molar-refractivity contribution >= 4 is 33.8 Å². The molecule has 2 heterocycles. The molecule has 2 aromatic rings. The van der Waals surface area contributed by atoms with Crippen LogP contribution in [0, 0.1) is 11.3 Å². The summed E-state index contributed by atoms with van der Waals surface area (Å²) in [6.45, 7) is 7.02. The average molecular weight is 389 g/mol. The first-order chi connectivity index (χ1) is 12.4. The van der Waals surface area contributed by atoms with Gasteiger partial charge in [0.25, 0.3) is 5.91 Å². The molecule has 1 aromatic heterocycles. The van der Waals surface area contributed by atoms with Crippen LogP contribution in [0.25, 0.3) is 0 Å². The Balaban J connectivity index is 1.64. The summed E-state index contributed by atoms with van der Waals surface area (Å²) >= 11 is 7.89. The van der Waals surface area contributed by atoms with Crippen LogP contribution in [0.2, 0.25) is 5.02 Å². The molecule has 0 saturated carbocycles. The molecule has 5 heteroatoms. The molecule has 2 atom stereocenters. The molecule has 0 fully saturated rings. The maximum atomic E-state index is 12.8. The van der Waals surface area contributed by atoms with E-state index in [-0.39, 0.29) is 12.1 Å². The highest BCUT2D eigenvalue weighted by Gasteiger charge is 2.37. The predicted molar refractivity (Wildman–Crippen MR) is 109 cm³/mol. The lowest BCUT2D eigenvalue weighted by molar-refractivity contribution is 0.0934. The third-order valence-corrected chi connectivity index (χ3v) is 7.66. The summed E-state index contributed by atoms with van der Waals surface area (Å²) in [7, 11) is 0. The predicted octanol–water partition coefficient (Wildman–Crippen LogP) is 5.80. The molecule has 0 bridgehead atoms. The molecular formula is C21H25ClN2OS. The fourth-order valence-electron chi connectivity index (χ4n) is 4.11. The lowest BCUT2D eigenvalue weighted by atomic mass is 9.69. The molecule has 3 nitrogen and oxygen atoms in total. The molecule has 1 aromatic carbocycles. The van der Waals surface area contributed by atoms with Gasteiger partial charge in [0.05, 0.1) is 5.56 Å². The Labute approximate surface area is 164 Å². The summed E-state index contributed by atoms with van der Waals surface area (Å²) in [6, 6.07) is 7.65. The number of hydrogen-bond donors (Lipinski definition) is 2. The zero-order chi connectivity index (χ0) is 18.5. The fourth-order valence-corrected chi connectivity index (χ4v) is 5.66. The summed E-state index contributed by atoms with van der Waals surface area (Å²) < 4.78 is 0. The number of carbonyl (C=O) groups is 1. The van der Waals surface area contributed by atoms with Crippen molar-refractivity contribution in [3.8, 4) is 0 Å². The number of halogens is 1. The van der Waals surface area contributed by atoms with E-state index < -0.39 is 0 Å². The van der Waals surface area contributed by atoms with Crippen molar-refractivity contribution < 1.29 is 4.79 Å². The topological polar surface area (TPSA) is 41.1 Å². The van der Waals surface area contributed by atoms with Gasteiger partial charge >= 0.3 is 0 Å². The fraction of sp³-hybridized carbons (Fsp3) is 0.476. The first-order valence-corrected chi connectivity index (χ1v) is 10.6. The van der Waals surface area contributed by atoms with E-state index in [4.69, 9.17) is 11.6 Å². The van der Waals surface area contributed by atoms with Crippen molar-refractivity contribution in [1.29, 1.82) is 0 Å². The summed E-state index contributed by atoms with van der Waals surface area (Å²) in [6.07, 6.45) is 4.23. The minimum Gasteiger partial charge on any atom is -0.353 e. The van der Waals surface area contributed by atoms with E-state index in [0.29, 0.717) is 16.4 Å². The summed E-state index contributed by atoms with van der Waals surface area (Å²) in [4.78, 5) is 14.2. The van der Waals surface area contributed by atoms with Crippen LogP contribution >= 0.6 is 22.9 Å². The molecular weight excluding hydrogens is 364 g/mol. The Morgan fingerprint density at radius 2 is 2.12 bits per heavy atom. The maximum absolute atomic E-state index is 12.8. The molecule has 26 heavy (non-hydrogen) atoms. The van der Waals surface area contributed by atoms with Gasteiger partial charge in [-0.15, -0.1) is 11.3 Å². The first kappa shape index (κ1) is 17.9. The molecule has 138 valence electrons. The van der Waals surface area contributed by atoms with Gasteiger partial charge in [-0.3, -0.25) is 4.79 Å². The van der Waals surface area contributed by atoms with Gasteiger partial charge in [0, 0.05) is 9.90 Å². The largest absolute Gasteiger partial charge is 0.353 e. The molecule has 4 rings (SSSR count). The van der Waals surface area contributed by atoms with Gasteiger partial charge in [-0.05, 0) is 53.9 Å². The number of rotatable bonds is 3. The highest BCUT2D eigenvalue weighted by molar-refractivity contribution is 7.16. The average Bonchev–Trinajstić information content (AvgIpc) is 2.99. The van der Waals surface area contributed by atoms with Crippen molar-refractivity contribution in [3.63, 3.8) is 0 Å². The van der Waals surface area contributed by atoms with Crippen molar-refractivity contribution in [2.45, 2.75) is 52.6 Å². The molecule has 2 aliphatic rings. The van der Waals surface area contributed by atoms with E-state index in [0.717, 1.165) is 29.0 Å². The van der Waals surface area contributed by atoms with Crippen molar-refractivity contribution in [2.75, 3.05) is 5.32 Å². The maximum Gasteiger partial charge on any atom is 0.256 e. The lowest BCUT2D eigenvalue weighted by Crippen LogP contribution is -2.38. The Morgan fingerprint density at radius 3 is 2.85 bits per heavy atom. The van der Waals surface area contributed by atoms with Gasteiger partial charge in [0.15, 0.2) is 0 Å². The zero-order valence-corrected chi connectivity index (χ0v) is 17.1. The van der Waals surface area contributed by atoms with Crippen LogP contribution in [-0.2, 0) is 12.8 Å². The van der Waals surface area contributed by atoms with E-state index in [2.05, 4.69) is 31.4 Å². The Morgan fingerprint density at radius 1 is 1.31 bits per heavy atom. The second kappa shape index (κ2) is 6.58. The zero-order valence-electron chi connectivity index (χ0n) is 15.5. The van der Waals surface area contributed by atoms with Crippen LogP contribution in [0.4, 0.5) is 5.00 Å². The SMILES string of the molecule is CCC(C)(C)[C@@H]1CCc2c(sc3c2C(=O)N[C@H](c2cccc(Cl)c2)N3)C1. The van der Waals surface area contributed by atoms with E-state index >= 15 is 0 Å². The normalized spacial score (nSPS) is 22.2. The van der Waals surface area contributed by atoms with Crippen LogP contribution in [0.1, 0.15) is 66.1 Å². The van der Waals surface area contributed by atoms with E-state index in [1.807, 2.05) is 24.3 Å². The van der Waals surface area contributed by atoms with Gasteiger partial charge in [-0.2, -0.15) is 0 Å². The molecule has 0 saturated heterocycles. The minimum atomic E-state index is -0.225. The highest BCUT2D eigenvalue weighted by atomic mass is 35.5. The smallest absolute Gasteiger partial charge is 0.256 e. The number of thiophene rings is 1. The van der Waals surface area contributed by atoms with Gasteiger partial charge < -0.3 is 10.6 Å². The molecule has 0 radical (unpaired) electrons. The molecule has 0 spiro atoms. The second-order valence-electron chi connectivity index (χ2n) is 8.10. The van der Waals surface area contributed by atoms with Crippen molar-refractivity contribution in [1.82, 2.24) is 5.32 Å². The van der Waals surface area contributed by atoms with Crippen LogP contribution in [0.5, 0.6) is 0 Å². The third kappa shape index (κ3) is 3.03. The van der Waals surface area contributed by atoms with E-state index in [1.54, 1.807) is 11.3 Å². The van der Waals surface area contributed by atoms with Crippen LogP contribution in [0.15, 0.2) is 24.3 Å². The number of fused-ring (bicyclic) bond motifs is 3. The molecule has 1 aliphatic heterocycles. The third-order valence-electron chi connectivity index (χ3n) is 6.24. The first-order valence-electron chi connectivity index (χ1n) is 9.36. The number of benzene rings is 1. The lowest BCUT2D eigenvalue weighted by Gasteiger charge is -2.36. The van der Waals surface area contributed by atoms with Gasteiger partial charge in [-0.1, -0.05) is 50.9 Å². The number of carbonyl (C=O) groups excluding carboxylic acids is 1. The number of hydrogen-bond acceptors (Lipinski definition) is 3. The van der Waals surface area contributed by atoms with Crippen LogP contribution < -0.4 is 10.6 Å². The Bertz CT molecular complexity index is 858. The second-order valence-corrected chi connectivity index (χ2v) is 9.64.